The number of nitrogens with one attached hydrogen (secondary N) is 2. The Morgan fingerprint density at radius 3 is 2.29 bits per heavy atom. The summed E-state index contributed by atoms with van der Waals surface area (Å²) in [7, 11) is -3.48. The lowest BCUT2D eigenvalue weighted by atomic mass is 10.1. The third-order valence-corrected chi connectivity index (χ3v) is 6.56. The minimum atomic E-state index is -3.48. The van der Waals surface area contributed by atoms with Crippen molar-refractivity contribution in [1.29, 1.82) is 0 Å². The first kappa shape index (κ1) is 22.1. The van der Waals surface area contributed by atoms with Gasteiger partial charge in [0, 0.05) is 25.2 Å². The zero-order chi connectivity index (χ0) is 20.9. The van der Waals surface area contributed by atoms with Gasteiger partial charge in [0.25, 0.3) is 0 Å². The van der Waals surface area contributed by atoms with Crippen LogP contribution in [0.2, 0.25) is 0 Å². The summed E-state index contributed by atoms with van der Waals surface area (Å²) in [4.78, 5) is 12.5. The van der Waals surface area contributed by atoms with Crippen LogP contribution in [0.25, 0.3) is 0 Å². The van der Waals surface area contributed by atoms with E-state index >= 15 is 0 Å². The van der Waals surface area contributed by atoms with Gasteiger partial charge < -0.3 is 9.84 Å². The third kappa shape index (κ3) is 5.18. The van der Waals surface area contributed by atoms with Crippen LogP contribution in [0, 0.1) is 6.92 Å². The quantitative estimate of drug-likeness (QED) is 0.661. The molecular formula is C19H28N4O4S. The number of amides is 1. The van der Waals surface area contributed by atoms with E-state index in [0.29, 0.717) is 24.7 Å². The summed E-state index contributed by atoms with van der Waals surface area (Å²) in [6.45, 7) is 9.89. The van der Waals surface area contributed by atoms with Gasteiger partial charge in [-0.25, -0.2) is 8.42 Å². The Balaban J connectivity index is 2.02. The van der Waals surface area contributed by atoms with Crippen molar-refractivity contribution >= 4 is 21.7 Å². The number of benzene rings is 1. The largest absolute Gasteiger partial charge is 0.360 e. The van der Waals surface area contributed by atoms with Crippen molar-refractivity contribution in [1.82, 2.24) is 14.8 Å². The molecule has 0 aliphatic carbocycles. The molecule has 8 nitrogen and oxygen atoms in total. The molecule has 0 radical (unpaired) electrons. The molecule has 2 atom stereocenters. The highest BCUT2D eigenvalue weighted by atomic mass is 32.2. The number of carbonyl (C=O) groups excluding carboxylic acids is 1. The summed E-state index contributed by atoms with van der Waals surface area (Å²) in [6.07, 6.45) is 0. The van der Waals surface area contributed by atoms with Gasteiger partial charge in [-0.15, -0.1) is 0 Å². The highest BCUT2D eigenvalue weighted by Crippen LogP contribution is 2.20. The fourth-order valence-corrected chi connectivity index (χ4v) is 4.31. The van der Waals surface area contributed by atoms with Gasteiger partial charge >= 0.3 is 0 Å². The lowest BCUT2D eigenvalue weighted by molar-refractivity contribution is -0.118. The van der Waals surface area contributed by atoms with Crippen LogP contribution in [0.1, 0.15) is 45.1 Å². The maximum Gasteiger partial charge on any atom is 0.243 e. The molecule has 2 aromatic rings. The zero-order valence-electron chi connectivity index (χ0n) is 16.9. The molecule has 154 valence electrons. The Labute approximate surface area is 166 Å². The van der Waals surface area contributed by atoms with Crippen LogP contribution < -0.4 is 10.6 Å². The standard InChI is InChI=1S/C19H28N4O4S/c1-6-23(7-2)28(25,26)17-10-8-16(9-11-17)14(4)20-15(5)19(24)21-18-12-13(3)27-22-18/h8-12,14-15,20H,6-7H2,1-5H3,(H,21,22,24)/t14-,15-/m1/s1. The SMILES string of the molecule is CCN(CC)S(=O)(=O)c1ccc([C@@H](C)N[C@H](C)C(=O)Nc2cc(C)on2)cc1. The van der Waals surface area contributed by atoms with E-state index in [1.165, 1.54) is 4.31 Å². The van der Waals surface area contributed by atoms with Crippen molar-refractivity contribution in [2.24, 2.45) is 0 Å². The van der Waals surface area contributed by atoms with Crippen molar-refractivity contribution < 1.29 is 17.7 Å². The molecule has 2 rings (SSSR count). The van der Waals surface area contributed by atoms with E-state index in [1.54, 1.807) is 44.2 Å². The lowest BCUT2D eigenvalue weighted by Gasteiger charge is -2.21. The number of aryl methyl sites for hydroxylation is 1. The number of aromatic nitrogens is 1. The van der Waals surface area contributed by atoms with Crippen molar-refractivity contribution in [3.63, 3.8) is 0 Å². The number of hydrogen-bond donors (Lipinski definition) is 2. The fourth-order valence-electron chi connectivity index (χ4n) is 2.85. The number of nitrogens with zero attached hydrogens (tertiary/aromatic N) is 2. The van der Waals surface area contributed by atoms with Crippen LogP contribution in [-0.2, 0) is 14.8 Å². The second-order valence-electron chi connectivity index (χ2n) is 6.58. The summed E-state index contributed by atoms with van der Waals surface area (Å²) < 4.78 is 31.5. The molecule has 2 N–H and O–H groups in total. The predicted molar refractivity (Wildman–Crippen MR) is 107 cm³/mol. The molecule has 1 amide bonds. The van der Waals surface area contributed by atoms with E-state index in [-0.39, 0.29) is 16.8 Å². The highest BCUT2D eigenvalue weighted by molar-refractivity contribution is 7.89. The molecule has 28 heavy (non-hydrogen) atoms. The van der Waals surface area contributed by atoms with Gasteiger partial charge in [-0.1, -0.05) is 31.1 Å². The van der Waals surface area contributed by atoms with E-state index in [1.807, 2.05) is 20.8 Å². The maximum absolute atomic E-state index is 12.6. The van der Waals surface area contributed by atoms with Gasteiger partial charge in [0.2, 0.25) is 15.9 Å². The van der Waals surface area contributed by atoms with Crippen molar-refractivity contribution in [3.05, 3.63) is 41.7 Å². The normalized spacial score (nSPS) is 14.1. The topological polar surface area (TPSA) is 105 Å². The van der Waals surface area contributed by atoms with Gasteiger partial charge in [-0.3, -0.25) is 10.1 Å². The van der Waals surface area contributed by atoms with E-state index in [0.717, 1.165) is 5.56 Å². The molecule has 0 spiro atoms. The predicted octanol–water partition coefficient (Wildman–Crippen LogP) is 2.69. The van der Waals surface area contributed by atoms with Crippen LogP contribution in [0.3, 0.4) is 0 Å². The van der Waals surface area contributed by atoms with E-state index in [2.05, 4.69) is 15.8 Å². The van der Waals surface area contributed by atoms with Crippen LogP contribution >= 0.6 is 0 Å². The van der Waals surface area contributed by atoms with Crippen LogP contribution in [0.15, 0.2) is 39.8 Å². The molecule has 0 aliphatic heterocycles. The summed E-state index contributed by atoms with van der Waals surface area (Å²) >= 11 is 0. The molecule has 1 heterocycles. The molecule has 0 saturated heterocycles. The Bertz CT molecular complexity index is 889. The first-order valence-electron chi connectivity index (χ1n) is 9.29. The molecule has 0 aliphatic rings. The minimum Gasteiger partial charge on any atom is -0.360 e. The minimum absolute atomic E-state index is 0.148. The molecule has 0 bridgehead atoms. The maximum atomic E-state index is 12.6. The fraction of sp³-hybridized carbons (Fsp3) is 0.474. The van der Waals surface area contributed by atoms with Gasteiger partial charge in [-0.05, 0) is 38.5 Å². The summed E-state index contributed by atoms with van der Waals surface area (Å²) in [5.41, 5.74) is 0.885. The lowest BCUT2D eigenvalue weighted by Crippen LogP contribution is -2.39. The highest BCUT2D eigenvalue weighted by Gasteiger charge is 2.22. The van der Waals surface area contributed by atoms with Gasteiger partial charge in [0.15, 0.2) is 5.82 Å². The van der Waals surface area contributed by atoms with Crippen molar-refractivity contribution in [3.8, 4) is 0 Å². The molecule has 0 unspecified atom stereocenters. The first-order valence-corrected chi connectivity index (χ1v) is 10.7. The number of sulfonamides is 1. The van der Waals surface area contributed by atoms with E-state index < -0.39 is 16.1 Å². The second-order valence-corrected chi connectivity index (χ2v) is 8.52. The molecule has 1 aromatic heterocycles. The number of rotatable bonds is 9. The van der Waals surface area contributed by atoms with Crippen LogP contribution in [-0.4, -0.2) is 42.9 Å². The first-order chi connectivity index (χ1) is 13.2. The van der Waals surface area contributed by atoms with Crippen molar-refractivity contribution in [2.75, 3.05) is 18.4 Å². The summed E-state index contributed by atoms with van der Waals surface area (Å²) in [5, 5.41) is 9.62. The zero-order valence-corrected chi connectivity index (χ0v) is 17.7. The average molecular weight is 409 g/mol. The average Bonchev–Trinajstić information content (AvgIpc) is 3.07. The smallest absolute Gasteiger partial charge is 0.243 e. The van der Waals surface area contributed by atoms with Crippen LogP contribution in [0.4, 0.5) is 5.82 Å². The molecule has 0 saturated carbocycles. The number of carbonyl (C=O) groups is 1. The Morgan fingerprint density at radius 2 is 1.79 bits per heavy atom. The second kappa shape index (κ2) is 9.31. The Hall–Kier alpha value is -2.23. The Morgan fingerprint density at radius 1 is 1.18 bits per heavy atom. The number of hydrogen-bond acceptors (Lipinski definition) is 6. The molecule has 9 heteroatoms. The summed E-state index contributed by atoms with van der Waals surface area (Å²) in [5.74, 6) is 0.750. The van der Waals surface area contributed by atoms with Gasteiger partial charge in [-0.2, -0.15) is 4.31 Å². The van der Waals surface area contributed by atoms with E-state index in [4.69, 9.17) is 4.52 Å². The molecule has 1 aromatic carbocycles. The molecule has 0 fully saturated rings. The monoisotopic (exact) mass is 408 g/mol. The third-order valence-electron chi connectivity index (χ3n) is 4.50. The van der Waals surface area contributed by atoms with Gasteiger partial charge in [0.05, 0.1) is 10.9 Å². The van der Waals surface area contributed by atoms with E-state index in [9.17, 15) is 13.2 Å². The van der Waals surface area contributed by atoms with Crippen LogP contribution in [0.5, 0.6) is 0 Å². The van der Waals surface area contributed by atoms with Crippen molar-refractivity contribution in [2.45, 2.75) is 51.6 Å². The number of anilines is 1. The Kier molecular flexibility index (Phi) is 7.34. The summed E-state index contributed by atoms with van der Waals surface area (Å²) in [6, 6.07) is 7.74. The van der Waals surface area contributed by atoms with Gasteiger partial charge in [0.1, 0.15) is 5.76 Å². The molecular weight excluding hydrogens is 380 g/mol.